The van der Waals surface area contributed by atoms with Crippen molar-refractivity contribution in [2.75, 3.05) is 6.61 Å². The van der Waals surface area contributed by atoms with Crippen molar-refractivity contribution in [1.82, 2.24) is 15.3 Å². The summed E-state index contributed by atoms with van der Waals surface area (Å²) >= 11 is 6.17. The third-order valence-corrected chi connectivity index (χ3v) is 5.11. The fourth-order valence-corrected chi connectivity index (χ4v) is 3.60. The fraction of sp³-hybridized carbons (Fsp3) is 0.286. The molecule has 0 bridgehead atoms. The van der Waals surface area contributed by atoms with Crippen LogP contribution in [-0.4, -0.2) is 34.6 Å². The average molecular weight is 382 g/mol. The van der Waals surface area contributed by atoms with Crippen LogP contribution in [0.1, 0.15) is 30.1 Å². The second kappa shape index (κ2) is 7.62. The molecule has 4 rings (SSSR count). The minimum Gasteiger partial charge on any atom is -0.376 e. The van der Waals surface area contributed by atoms with Crippen LogP contribution in [0.5, 0.6) is 0 Å². The van der Waals surface area contributed by atoms with E-state index in [2.05, 4.69) is 10.3 Å². The Morgan fingerprint density at radius 3 is 2.81 bits per heavy atom. The fourth-order valence-electron chi connectivity index (χ4n) is 3.43. The Bertz CT molecular complexity index is 972. The van der Waals surface area contributed by atoms with E-state index in [1.807, 2.05) is 31.2 Å². The molecule has 0 aliphatic carbocycles. The highest BCUT2D eigenvalue weighted by molar-refractivity contribution is 6.31. The second-order valence-corrected chi connectivity index (χ2v) is 7.20. The molecule has 0 spiro atoms. The number of carbonyl (C=O) groups is 1. The molecule has 1 aliphatic rings. The van der Waals surface area contributed by atoms with Crippen molar-refractivity contribution in [3.63, 3.8) is 0 Å². The molecule has 2 aromatic heterocycles. The maximum Gasteiger partial charge on any atom is 0.252 e. The quantitative estimate of drug-likeness (QED) is 0.733. The van der Waals surface area contributed by atoms with Gasteiger partial charge in [-0.1, -0.05) is 11.6 Å². The molecule has 3 aromatic rings. The van der Waals surface area contributed by atoms with E-state index < -0.39 is 0 Å². The summed E-state index contributed by atoms with van der Waals surface area (Å²) in [5, 5.41) is 4.39. The van der Waals surface area contributed by atoms with E-state index in [0.29, 0.717) is 10.6 Å². The lowest BCUT2D eigenvalue weighted by Crippen LogP contribution is -2.40. The van der Waals surface area contributed by atoms with Crippen molar-refractivity contribution in [1.29, 1.82) is 0 Å². The number of halogens is 1. The van der Waals surface area contributed by atoms with Crippen LogP contribution in [0.3, 0.4) is 0 Å². The Labute approximate surface area is 162 Å². The predicted octanol–water partition coefficient (Wildman–Crippen LogP) is 4.25. The molecule has 1 saturated heterocycles. The standard InChI is InChI=1S/C21H20ClN3O2/c1-13(20-3-2-10-27-20)24-21(26)17-12-19(14-6-8-23-9-7-14)25-18-5-4-15(22)11-16(17)18/h4-9,11-13,20H,2-3,10H2,1H3,(H,24,26)/t13-,20-/m0/s1. The van der Waals surface area contributed by atoms with Gasteiger partial charge in [-0.05, 0) is 56.2 Å². The Morgan fingerprint density at radius 1 is 1.26 bits per heavy atom. The van der Waals surface area contributed by atoms with Crippen LogP contribution in [0.15, 0.2) is 48.8 Å². The number of carbonyl (C=O) groups excluding carboxylic acids is 1. The van der Waals surface area contributed by atoms with Crippen LogP contribution in [0.25, 0.3) is 22.2 Å². The Kier molecular flexibility index (Phi) is 5.05. The van der Waals surface area contributed by atoms with Crippen molar-refractivity contribution in [2.45, 2.75) is 31.9 Å². The Hall–Kier alpha value is -2.50. The molecule has 1 aromatic carbocycles. The van der Waals surface area contributed by atoms with Gasteiger partial charge in [-0.25, -0.2) is 4.98 Å². The van der Waals surface area contributed by atoms with Crippen LogP contribution in [0.2, 0.25) is 5.02 Å². The SMILES string of the molecule is C[C@H](NC(=O)c1cc(-c2ccncc2)nc2ccc(Cl)cc12)[C@@H]1CCCO1. The summed E-state index contributed by atoms with van der Waals surface area (Å²) in [6.07, 6.45) is 5.48. The summed E-state index contributed by atoms with van der Waals surface area (Å²) in [7, 11) is 0. The largest absolute Gasteiger partial charge is 0.376 e. The first kappa shape index (κ1) is 17.9. The van der Waals surface area contributed by atoms with Gasteiger partial charge in [-0.2, -0.15) is 0 Å². The number of nitrogens with one attached hydrogen (secondary N) is 1. The van der Waals surface area contributed by atoms with Crippen LogP contribution < -0.4 is 5.32 Å². The first-order chi connectivity index (χ1) is 13.1. The number of fused-ring (bicyclic) bond motifs is 1. The van der Waals surface area contributed by atoms with Gasteiger partial charge in [0.15, 0.2) is 0 Å². The molecule has 6 heteroatoms. The van der Waals surface area contributed by atoms with E-state index >= 15 is 0 Å². The molecular formula is C21H20ClN3O2. The lowest BCUT2D eigenvalue weighted by molar-refractivity contribution is 0.0713. The van der Waals surface area contributed by atoms with Crippen molar-refractivity contribution in [2.24, 2.45) is 0 Å². The van der Waals surface area contributed by atoms with Crippen molar-refractivity contribution < 1.29 is 9.53 Å². The highest BCUT2D eigenvalue weighted by Gasteiger charge is 2.25. The minimum atomic E-state index is -0.150. The van der Waals surface area contributed by atoms with Crippen LogP contribution in [0.4, 0.5) is 0 Å². The van der Waals surface area contributed by atoms with E-state index in [1.54, 1.807) is 24.5 Å². The number of pyridine rings is 2. The van der Waals surface area contributed by atoms with E-state index in [9.17, 15) is 4.79 Å². The molecular weight excluding hydrogens is 362 g/mol. The maximum atomic E-state index is 13.1. The van der Waals surface area contributed by atoms with Gasteiger partial charge in [-0.15, -0.1) is 0 Å². The molecule has 0 saturated carbocycles. The van der Waals surface area contributed by atoms with E-state index in [1.165, 1.54) is 0 Å². The van der Waals surface area contributed by atoms with E-state index in [0.717, 1.165) is 41.6 Å². The number of aromatic nitrogens is 2. The van der Waals surface area contributed by atoms with Gasteiger partial charge in [0.25, 0.3) is 5.91 Å². The number of nitrogens with zero attached hydrogens (tertiary/aromatic N) is 2. The van der Waals surface area contributed by atoms with E-state index in [4.69, 9.17) is 21.3 Å². The van der Waals surface area contributed by atoms with Gasteiger partial charge in [0.05, 0.1) is 28.9 Å². The number of rotatable bonds is 4. The normalized spacial score (nSPS) is 17.8. The van der Waals surface area contributed by atoms with Gasteiger partial charge in [0, 0.05) is 35.0 Å². The molecule has 27 heavy (non-hydrogen) atoms. The number of hydrogen-bond acceptors (Lipinski definition) is 4. The Balaban J connectivity index is 1.75. The topological polar surface area (TPSA) is 64.1 Å². The molecule has 5 nitrogen and oxygen atoms in total. The zero-order valence-corrected chi connectivity index (χ0v) is 15.7. The van der Waals surface area contributed by atoms with Crippen LogP contribution in [-0.2, 0) is 4.74 Å². The summed E-state index contributed by atoms with van der Waals surface area (Å²) in [5.41, 5.74) is 2.91. The number of amides is 1. The molecule has 2 atom stereocenters. The number of hydrogen-bond donors (Lipinski definition) is 1. The van der Waals surface area contributed by atoms with Gasteiger partial charge in [0.1, 0.15) is 0 Å². The lowest BCUT2D eigenvalue weighted by atomic mass is 10.0. The predicted molar refractivity (Wildman–Crippen MR) is 106 cm³/mol. The molecule has 0 radical (unpaired) electrons. The highest BCUT2D eigenvalue weighted by Crippen LogP contribution is 2.27. The zero-order valence-electron chi connectivity index (χ0n) is 15.0. The van der Waals surface area contributed by atoms with Gasteiger partial charge in [0.2, 0.25) is 0 Å². The van der Waals surface area contributed by atoms with Crippen LogP contribution in [0, 0.1) is 0 Å². The molecule has 0 unspecified atom stereocenters. The van der Waals surface area contributed by atoms with E-state index in [-0.39, 0.29) is 18.1 Å². The first-order valence-corrected chi connectivity index (χ1v) is 9.43. The smallest absolute Gasteiger partial charge is 0.252 e. The monoisotopic (exact) mass is 381 g/mol. The first-order valence-electron chi connectivity index (χ1n) is 9.05. The number of benzene rings is 1. The Morgan fingerprint density at radius 2 is 2.07 bits per heavy atom. The van der Waals surface area contributed by atoms with Crippen molar-refractivity contribution in [3.05, 3.63) is 59.4 Å². The van der Waals surface area contributed by atoms with Gasteiger partial charge in [-0.3, -0.25) is 9.78 Å². The average Bonchev–Trinajstić information content (AvgIpc) is 3.23. The summed E-state index contributed by atoms with van der Waals surface area (Å²) < 4.78 is 5.70. The third kappa shape index (κ3) is 3.80. The highest BCUT2D eigenvalue weighted by atomic mass is 35.5. The van der Waals surface area contributed by atoms with Crippen LogP contribution >= 0.6 is 11.6 Å². The van der Waals surface area contributed by atoms with Gasteiger partial charge >= 0.3 is 0 Å². The molecule has 1 fully saturated rings. The van der Waals surface area contributed by atoms with Crippen molar-refractivity contribution in [3.8, 4) is 11.3 Å². The maximum absolute atomic E-state index is 13.1. The van der Waals surface area contributed by atoms with Gasteiger partial charge < -0.3 is 10.1 Å². The summed E-state index contributed by atoms with van der Waals surface area (Å²) in [6, 6.07) is 10.9. The summed E-state index contributed by atoms with van der Waals surface area (Å²) in [5.74, 6) is -0.150. The zero-order chi connectivity index (χ0) is 18.8. The summed E-state index contributed by atoms with van der Waals surface area (Å²) in [4.78, 5) is 21.8. The molecule has 138 valence electrons. The minimum absolute atomic E-state index is 0.0605. The molecule has 1 N–H and O–H groups in total. The molecule has 3 heterocycles. The molecule has 1 aliphatic heterocycles. The molecule has 1 amide bonds. The summed E-state index contributed by atoms with van der Waals surface area (Å²) in [6.45, 7) is 2.74. The lowest BCUT2D eigenvalue weighted by Gasteiger charge is -2.20. The van der Waals surface area contributed by atoms with Crippen molar-refractivity contribution >= 4 is 28.4 Å². The third-order valence-electron chi connectivity index (χ3n) is 4.87. The number of ether oxygens (including phenoxy) is 1. The second-order valence-electron chi connectivity index (χ2n) is 6.77.